The summed E-state index contributed by atoms with van der Waals surface area (Å²) in [5.41, 5.74) is 1.30. The second kappa shape index (κ2) is 6.39. The molecular formula is C14H20ClNO. The molecule has 0 amide bonds. The number of halogens is 1. The lowest BCUT2D eigenvalue weighted by Gasteiger charge is -2.23. The Hall–Kier alpha value is -0.570. The zero-order valence-corrected chi connectivity index (χ0v) is 11.0. The molecule has 0 aromatic heterocycles. The lowest BCUT2D eigenvalue weighted by Crippen LogP contribution is -2.38. The van der Waals surface area contributed by atoms with Crippen molar-refractivity contribution in [2.75, 3.05) is 19.8 Å². The molecule has 1 saturated heterocycles. The molecule has 2 atom stereocenters. The fourth-order valence-corrected chi connectivity index (χ4v) is 2.67. The average molecular weight is 254 g/mol. The molecule has 1 aromatic rings. The van der Waals surface area contributed by atoms with Crippen molar-refractivity contribution in [3.8, 4) is 0 Å². The second-order valence-electron chi connectivity index (χ2n) is 4.62. The molecule has 0 radical (unpaired) electrons. The highest BCUT2D eigenvalue weighted by molar-refractivity contribution is 6.30. The van der Waals surface area contributed by atoms with Gasteiger partial charge in [0.25, 0.3) is 0 Å². The Morgan fingerprint density at radius 3 is 3.06 bits per heavy atom. The first-order valence-corrected chi connectivity index (χ1v) is 6.73. The molecule has 1 aliphatic heterocycles. The summed E-state index contributed by atoms with van der Waals surface area (Å²) in [5, 5.41) is 4.39. The normalized spacial score (nSPS) is 21.6. The molecule has 2 nitrogen and oxygen atoms in total. The van der Waals surface area contributed by atoms with E-state index in [0.29, 0.717) is 12.0 Å². The van der Waals surface area contributed by atoms with E-state index >= 15 is 0 Å². The van der Waals surface area contributed by atoms with E-state index in [1.807, 2.05) is 12.1 Å². The predicted molar refractivity (Wildman–Crippen MR) is 71.5 cm³/mol. The Balaban J connectivity index is 2.01. The van der Waals surface area contributed by atoms with Crippen molar-refractivity contribution >= 4 is 11.6 Å². The molecule has 0 saturated carbocycles. The van der Waals surface area contributed by atoms with E-state index in [1.54, 1.807) is 0 Å². The van der Waals surface area contributed by atoms with E-state index in [1.165, 1.54) is 5.56 Å². The van der Waals surface area contributed by atoms with Gasteiger partial charge in [-0.1, -0.05) is 30.7 Å². The molecule has 0 aliphatic carbocycles. The van der Waals surface area contributed by atoms with Gasteiger partial charge in [0.2, 0.25) is 0 Å². The van der Waals surface area contributed by atoms with Crippen molar-refractivity contribution in [3.05, 3.63) is 34.9 Å². The van der Waals surface area contributed by atoms with E-state index in [9.17, 15) is 0 Å². The molecule has 0 bridgehead atoms. The maximum atomic E-state index is 6.02. The zero-order chi connectivity index (χ0) is 12.1. The van der Waals surface area contributed by atoms with Crippen LogP contribution >= 0.6 is 11.6 Å². The van der Waals surface area contributed by atoms with Crippen LogP contribution in [0.25, 0.3) is 0 Å². The van der Waals surface area contributed by atoms with Gasteiger partial charge in [0.1, 0.15) is 0 Å². The Bertz CT molecular complexity index is 350. The quantitative estimate of drug-likeness (QED) is 0.871. The lowest BCUT2D eigenvalue weighted by atomic mass is 9.93. The largest absolute Gasteiger partial charge is 0.381 e. The Labute approximate surface area is 108 Å². The van der Waals surface area contributed by atoms with Gasteiger partial charge in [-0.2, -0.15) is 0 Å². The molecule has 1 aliphatic rings. The van der Waals surface area contributed by atoms with Crippen LogP contribution in [0.15, 0.2) is 24.3 Å². The van der Waals surface area contributed by atoms with Crippen LogP contribution in [0.2, 0.25) is 5.02 Å². The lowest BCUT2D eigenvalue weighted by molar-refractivity contribution is 0.176. The maximum Gasteiger partial charge on any atom is 0.0510 e. The van der Waals surface area contributed by atoms with Gasteiger partial charge in [-0.25, -0.2) is 0 Å². The summed E-state index contributed by atoms with van der Waals surface area (Å²) in [6.45, 7) is 4.95. The van der Waals surface area contributed by atoms with Gasteiger partial charge in [0.05, 0.1) is 6.61 Å². The van der Waals surface area contributed by atoms with Gasteiger partial charge >= 0.3 is 0 Å². The first-order chi connectivity index (χ1) is 8.29. The van der Waals surface area contributed by atoms with Crippen LogP contribution in [-0.2, 0) is 11.2 Å². The smallest absolute Gasteiger partial charge is 0.0510 e. The Morgan fingerprint density at radius 1 is 1.53 bits per heavy atom. The molecule has 1 aromatic carbocycles. The van der Waals surface area contributed by atoms with Crippen LogP contribution in [0.1, 0.15) is 18.9 Å². The molecule has 1 heterocycles. The topological polar surface area (TPSA) is 21.3 Å². The number of ether oxygens (including phenoxy) is 1. The summed E-state index contributed by atoms with van der Waals surface area (Å²) in [4.78, 5) is 0. The van der Waals surface area contributed by atoms with Crippen molar-refractivity contribution in [1.29, 1.82) is 0 Å². The third-order valence-electron chi connectivity index (χ3n) is 3.34. The summed E-state index contributed by atoms with van der Waals surface area (Å²) >= 11 is 6.02. The van der Waals surface area contributed by atoms with E-state index < -0.39 is 0 Å². The highest BCUT2D eigenvalue weighted by atomic mass is 35.5. The highest BCUT2D eigenvalue weighted by Crippen LogP contribution is 2.21. The van der Waals surface area contributed by atoms with Crippen LogP contribution in [0.4, 0.5) is 0 Å². The minimum absolute atomic E-state index is 0.501. The van der Waals surface area contributed by atoms with Gasteiger partial charge in [-0.05, 0) is 37.1 Å². The molecule has 2 rings (SSSR count). The highest BCUT2D eigenvalue weighted by Gasteiger charge is 2.25. The minimum Gasteiger partial charge on any atom is -0.381 e. The number of rotatable bonds is 5. The molecule has 1 fully saturated rings. The average Bonchev–Trinajstić information content (AvgIpc) is 2.82. The van der Waals surface area contributed by atoms with Crippen molar-refractivity contribution in [2.45, 2.75) is 25.8 Å². The van der Waals surface area contributed by atoms with Crippen LogP contribution in [0.3, 0.4) is 0 Å². The molecular weight excluding hydrogens is 234 g/mol. The van der Waals surface area contributed by atoms with Crippen molar-refractivity contribution in [2.24, 2.45) is 5.92 Å². The minimum atomic E-state index is 0.501. The van der Waals surface area contributed by atoms with Gasteiger partial charge in [-0.15, -0.1) is 0 Å². The van der Waals surface area contributed by atoms with E-state index in [4.69, 9.17) is 16.3 Å². The van der Waals surface area contributed by atoms with Crippen molar-refractivity contribution in [3.63, 3.8) is 0 Å². The number of benzene rings is 1. The van der Waals surface area contributed by atoms with Crippen LogP contribution < -0.4 is 5.32 Å². The number of hydrogen-bond acceptors (Lipinski definition) is 2. The van der Waals surface area contributed by atoms with E-state index in [-0.39, 0.29) is 0 Å². The monoisotopic (exact) mass is 253 g/mol. The predicted octanol–water partition coefficient (Wildman–Crippen LogP) is 2.90. The molecule has 94 valence electrons. The number of hydrogen-bond donors (Lipinski definition) is 1. The van der Waals surface area contributed by atoms with Gasteiger partial charge < -0.3 is 10.1 Å². The summed E-state index contributed by atoms with van der Waals surface area (Å²) in [5.74, 6) is 0.633. The summed E-state index contributed by atoms with van der Waals surface area (Å²) in [6, 6.07) is 8.65. The first-order valence-electron chi connectivity index (χ1n) is 6.35. The van der Waals surface area contributed by atoms with Gasteiger partial charge in [-0.3, -0.25) is 0 Å². The molecule has 17 heavy (non-hydrogen) atoms. The summed E-state index contributed by atoms with van der Waals surface area (Å²) < 4.78 is 5.48. The van der Waals surface area contributed by atoms with Crippen LogP contribution in [0.5, 0.6) is 0 Å². The fraction of sp³-hybridized carbons (Fsp3) is 0.571. The second-order valence-corrected chi connectivity index (χ2v) is 5.06. The Morgan fingerprint density at radius 2 is 2.41 bits per heavy atom. The zero-order valence-electron chi connectivity index (χ0n) is 10.3. The van der Waals surface area contributed by atoms with E-state index in [0.717, 1.165) is 37.6 Å². The third kappa shape index (κ3) is 3.70. The van der Waals surface area contributed by atoms with E-state index in [2.05, 4.69) is 24.4 Å². The van der Waals surface area contributed by atoms with Crippen LogP contribution in [-0.4, -0.2) is 25.8 Å². The number of likely N-dealkylation sites (N-methyl/N-ethyl adjacent to an activating group) is 1. The molecule has 0 spiro atoms. The molecule has 3 heteroatoms. The standard InChI is InChI=1S/C14H20ClNO/c1-2-16-14(12-6-7-17-10-12)9-11-4-3-5-13(15)8-11/h3-5,8,12,14,16H,2,6-7,9-10H2,1H3. The molecule has 2 unspecified atom stereocenters. The van der Waals surface area contributed by atoms with Crippen molar-refractivity contribution in [1.82, 2.24) is 5.32 Å². The Kier molecular flexibility index (Phi) is 4.84. The summed E-state index contributed by atoms with van der Waals surface area (Å²) in [6.07, 6.45) is 2.20. The molecule has 1 N–H and O–H groups in total. The van der Waals surface area contributed by atoms with Gasteiger partial charge in [0.15, 0.2) is 0 Å². The van der Waals surface area contributed by atoms with Gasteiger partial charge in [0, 0.05) is 23.6 Å². The SMILES string of the molecule is CCNC(Cc1cccc(Cl)c1)C1CCOC1. The summed E-state index contributed by atoms with van der Waals surface area (Å²) in [7, 11) is 0. The maximum absolute atomic E-state index is 6.02. The fourth-order valence-electron chi connectivity index (χ4n) is 2.46. The first kappa shape index (κ1) is 12.9. The van der Waals surface area contributed by atoms with Crippen LogP contribution in [0, 0.1) is 5.92 Å². The third-order valence-corrected chi connectivity index (χ3v) is 3.58. The van der Waals surface area contributed by atoms with Crippen molar-refractivity contribution < 1.29 is 4.74 Å². The number of nitrogens with one attached hydrogen (secondary N) is 1.